The van der Waals surface area contributed by atoms with Gasteiger partial charge in [0, 0.05) is 83.5 Å². The number of hydrogen-bond donors (Lipinski definition) is 0. The van der Waals surface area contributed by atoms with Gasteiger partial charge < -0.3 is 18.3 Å². The van der Waals surface area contributed by atoms with Gasteiger partial charge in [0.05, 0.1) is 22.1 Å². The Labute approximate surface area is 362 Å². The van der Waals surface area contributed by atoms with Gasteiger partial charge in [-0.15, -0.1) is 12.8 Å². The Kier molecular flexibility index (Phi) is 9.84. The monoisotopic (exact) mass is 817 g/mol. The number of rotatable bonds is 7. The van der Waals surface area contributed by atoms with Gasteiger partial charge in [-0.1, -0.05) is 152 Å². The van der Waals surface area contributed by atoms with E-state index in [4.69, 9.17) is 0 Å². The van der Waals surface area contributed by atoms with Crippen molar-refractivity contribution >= 4 is 78.8 Å². The Morgan fingerprint density at radius 1 is 0.532 bits per heavy atom. The molecule has 5 heteroatoms. The maximum Gasteiger partial charge on any atom is 0.171 e. The van der Waals surface area contributed by atoms with Crippen LogP contribution in [0, 0.1) is 19.8 Å². The highest BCUT2D eigenvalue weighted by Crippen LogP contribution is 2.50. The number of allylic oxidation sites excluding steroid dienone is 4. The molecule has 298 valence electrons. The summed E-state index contributed by atoms with van der Waals surface area (Å²) in [6.45, 7) is 4.37. The molecule has 10 aromatic rings. The number of nitrogens with zero attached hydrogens (tertiary/aromatic N) is 3. The third-order valence-corrected chi connectivity index (χ3v) is 15.3. The SMILES string of the molecule is C#C.C/C=C\c1c(C)n(-c2ccccc2)c2c1c1c(c3ccccc3n1-c1ccc(P(=O)(c3ccccc3)c3ccccc3)cc1)c1c3c(n(-c4ccccc4)c12)CC=CC=C3. The Hall–Kier alpha value is -7.57. The van der Waals surface area contributed by atoms with Crippen LogP contribution in [0.25, 0.3) is 72.8 Å². The molecule has 0 amide bonds. The number of para-hydroxylation sites is 3. The van der Waals surface area contributed by atoms with Gasteiger partial charge in [0.25, 0.3) is 0 Å². The van der Waals surface area contributed by atoms with Gasteiger partial charge in [0.1, 0.15) is 0 Å². The van der Waals surface area contributed by atoms with Crippen LogP contribution in [0.4, 0.5) is 0 Å². The molecule has 0 saturated carbocycles. The standard InChI is InChI=1S/C55H42N3OP.C2H2/c1-3-21-45-38(2)56(39-22-9-4-10-23-39)55-52(45)53-50(51-47-30-17-8-18-32-49(47)58(54(51)55)40-24-11-5-12-25-40)46-31-19-20-33-48(46)57(53)41-34-36-44(37-35-41)60(59,42-26-13-6-14-27-42)43-28-15-7-16-29-43;1-2/h3-31,33-37H,32H2,1-2H3;1-2H/b21-3-;. The predicted octanol–water partition coefficient (Wildman–Crippen LogP) is 13.0. The molecule has 0 unspecified atom stereocenters. The molecular weight excluding hydrogens is 774 g/mol. The molecule has 11 rings (SSSR count). The molecule has 0 fully saturated rings. The zero-order valence-electron chi connectivity index (χ0n) is 34.7. The van der Waals surface area contributed by atoms with Crippen molar-refractivity contribution < 1.29 is 4.57 Å². The van der Waals surface area contributed by atoms with Crippen LogP contribution in [-0.2, 0) is 11.0 Å². The van der Waals surface area contributed by atoms with Gasteiger partial charge in [0.2, 0.25) is 0 Å². The summed E-state index contributed by atoms with van der Waals surface area (Å²) in [5, 5.41) is 7.31. The second-order valence-corrected chi connectivity index (χ2v) is 18.3. The van der Waals surface area contributed by atoms with Crippen molar-refractivity contribution in [3.8, 4) is 29.9 Å². The lowest BCUT2D eigenvalue weighted by Crippen LogP contribution is -2.24. The summed E-state index contributed by atoms with van der Waals surface area (Å²) in [7, 11) is -3.18. The lowest BCUT2D eigenvalue weighted by atomic mass is 9.99. The number of benzene rings is 7. The normalized spacial score (nSPS) is 12.6. The third-order valence-electron chi connectivity index (χ3n) is 12.2. The Morgan fingerprint density at radius 2 is 1.05 bits per heavy atom. The summed E-state index contributed by atoms with van der Waals surface area (Å²) in [6.07, 6.45) is 22.2. The molecule has 0 atom stereocenters. The first-order valence-corrected chi connectivity index (χ1v) is 22.7. The third kappa shape index (κ3) is 5.81. The first kappa shape index (κ1) is 38.6. The summed E-state index contributed by atoms with van der Waals surface area (Å²) < 4.78 is 23.0. The Morgan fingerprint density at radius 3 is 1.66 bits per heavy atom. The van der Waals surface area contributed by atoms with Crippen molar-refractivity contribution in [2.75, 3.05) is 0 Å². The van der Waals surface area contributed by atoms with Crippen LogP contribution >= 0.6 is 7.14 Å². The van der Waals surface area contributed by atoms with Crippen LogP contribution in [0.15, 0.2) is 194 Å². The van der Waals surface area contributed by atoms with E-state index in [1.54, 1.807) is 0 Å². The maximum absolute atomic E-state index is 15.5. The average molecular weight is 818 g/mol. The van der Waals surface area contributed by atoms with Crippen LogP contribution in [0.1, 0.15) is 29.4 Å². The zero-order valence-corrected chi connectivity index (χ0v) is 35.6. The minimum atomic E-state index is -3.18. The molecule has 0 spiro atoms. The molecule has 0 aliphatic heterocycles. The van der Waals surface area contributed by atoms with Gasteiger partial charge in [0.15, 0.2) is 7.14 Å². The second-order valence-electron chi connectivity index (χ2n) is 15.5. The predicted molar refractivity (Wildman–Crippen MR) is 265 cm³/mol. The summed E-state index contributed by atoms with van der Waals surface area (Å²) in [4.78, 5) is 0. The van der Waals surface area contributed by atoms with E-state index in [0.29, 0.717) is 0 Å². The van der Waals surface area contributed by atoms with Crippen LogP contribution in [0.5, 0.6) is 0 Å². The Bertz CT molecular complexity index is 3410. The molecule has 0 saturated heterocycles. The van der Waals surface area contributed by atoms with Crippen molar-refractivity contribution in [1.82, 2.24) is 13.7 Å². The maximum atomic E-state index is 15.5. The van der Waals surface area contributed by atoms with Crippen LogP contribution < -0.4 is 15.9 Å². The fraction of sp³-hybridized carbons (Fsp3) is 0.0526. The van der Waals surface area contributed by atoms with Gasteiger partial charge in [-0.25, -0.2) is 0 Å². The summed E-state index contributed by atoms with van der Waals surface area (Å²) in [5.41, 5.74) is 12.8. The molecular formula is C57H44N3OP. The van der Waals surface area contributed by atoms with E-state index >= 15 is 4.57 Å². The first-order chi connectivity index (χ1) is 30.6. The molecule has 4 nitrogen and oxygen atoms in total. The van der Waals surface area contributed by atoms with Crippen molar-refractivity contribution in [3.05, 3.63) is 217 Å². The summed E-state index contributed by atoms with van der Waals surface area (Å²) in [6, 6.07) is 58.9. The van der Waals surface area contributed by atoms with E-state index in [9.17, 15) is 0 Å². The molecule has 0 radical (unpaired) electrons. The van der Waals surface area contributed by atoms with E-state index in [0.717, 1.165) is 50.4 Å². The molecule has 0 N–H and O–H groups in total. The number of hydrogen-bond acceptors (Lipinski definition) is 1. The second kappa shape index (κ2) is 15.8. The van der Waals surface area contributed by atoms with Crippen LogP contribution in [0.2, 0.25) is 0 Å². The lowest BCUT2D eigenvalue weighted by Gasteiger charge is -2.20. The molecule has 3 heterocycles. The summed E-state index contributed by atoms with van der Waals surface area (Å²) >= 11 is 0. The van der Waals surface area contributed by atoms with Gasteiger partial charge >= 0.3 is 0 Å². The minimum Gasteiger partial charge on any atom is -0.311 e. The fourth-order valence-corrected chi connectivity index (χ4v) is 12.4. The molecule has 3 aromatic heterocycles. The van der Waals surface area contributed by atoms with E-state index < -0.39 is 7.14 Å². The van der Waals surface area contributed by atoms with Gasteiger partial charge in [-0.05, 0) is 68.4 Å². The van der Waals surface area contributed by atoms with Crippen LogP contribution in [-0.4, -0.2) is 13.7 Å². The van der Waals surface area contributed by atoms with E-state index in [2.05, 4.69) is 186 Å². The van der Waals surface area contributed by atoms with Crippen molar-refractivity contribution in [2.45, 2.75) is 20.3 Å². The van der Waals surface area contributed by atoms with Crippen molar-refractivity contribution in [3.63, 3.8) is 0 Å². The van der Waals surface area contributed by atoms with Gasteiger partial charge in [-0.3, -0.25) is 0 Å². The molecule has 7 aromatic carbocycles. The number of aromatic nitrogens is 3. The summed E-state index contributed by atoms with van der Waals surface area (Å²) in [5.74, 6) is 0. The number of terminal acetylenes is 1. The number of fused-ring (bicyclic) bond motifs is 10. The highest BCUT2D eigenvalue weighted by Gasteiger charge is 2.32. The zero-order chi connectivity index (χ0) is 42.4. The highest BCUT2D eigenvalue weighted by atomic mass is 31.2. The quantitative estimate of drug-likeness (QED) is 0.116. The Balaban J connectivity index is 0.00000226. The van der Waals surface area contributed by atoms with Crippen molar-refractivity contribution in [1.29, 1.82) is 0 Å². The first-order valence-electron chi connectivity index (χ1n) is 21.0. The van der Waals surface area contributed by atoms with Crippen molar-refractivity contribution in [2.24, 2.45) is 0 Å². The molecule has 62 heavy (non-hydrogen) atoms. The van der Waals surface area contributed by atoms with E-state index in [1.165, 1.54) is 55.1 Å². The van der Waals surface area contributed by atoms with Gasteiger partial charge in [-0.2, -0.15) is 0 Å². The lowest BCUT2D eigenvalue weighted by molar-refractivity contribution is 0.592. The van der Waals surface area contributed by atoms with E-state index in [1.807, 2.05) is 60.7 Å². The molecule has 1 aliphatic carbocycles. The topological polar surface area (TPSA) is 31.9 Å². The molecule has 1 aliphatic rings. The highest BCUT2D eigenvalue weighted by molar-refractivity contribution is 7.85. The smallest absolute Gasteiger partial charge is 0.171 e. The minimum absolute atomic E-state index is 0.796. The molecule has 0 bridgehead atoms. The van der Waals surface area contributed by atoms with Crippen LogP contribution in [0.3, 0.4) is 0 Å². The van der Waals surface area contributed by atoms with E-state index in [-0.39, 0.29) is 0 Å². The fourth-order valence-electron chi connectivity index (χ4n) is 9.74. The largest absolute Gasteiger partial charge is 0.311 e. The average Bonchev–Trinajstić information content (AvgIpc) is 3.86.